The first kappa shape index (κ1) is 76.7. The Kier molecular flexibility index (Phi) is 29.3. The van der Waals surface area contributed by atoms with Crippen molar-refractivity contribution in [2.45, 2.75) is 80.1 Å². The van der Waals surface area contributed by atoms with E-state index in [1.165, 1.54) is 19.6 Å². The zero-order valence-corrected chi connectivity index (χ0v) is 54.4. The van der Waals surface area contributed by atoms with Crippen molar-refractivity contribution in [3.63, 3.8) is 0 Å². The molecule has 4 amide bonds. The van der Waals surface area contributed by atoms with Gasteiger partial charge in [0.25, 0.3) is 11.8 Å². The maximum atomic E-state index is 13.7. The highest BCUT2D eigenvalue weighted by atomic mass is 16.4. The smallest absolute Gasteiger partial charge is 0.317 e. The Morgan fingerprint density at radius 2 is 0.562 bits per heavy atom. The molecule has 524 valence electrons. The Morgan fingerprint density at radius 1 is 0.302 bits per heavy atom. The molecular weight excluding hydrogens is 1260 g/mol. The zero-order chi connectivity index (χ0) is 71.1. The van der Waals surface area contributed by atoms with Crippen molar-refractivity contribution in [1.29, 1.82) is 0 Å². The minimum atomic E-state index is -1.32. The van der Waals surface area contributed by atoms with E-state index in [1.807, 2.05) is 39.0 Å². The van der Waals surface area contributed by atoms with E-state index >= 15 is 0 Å². The Balaban J connectivity index is 1.39. The molecule has 34 nitrogen and oxygen atoms in total. The van der Waals surface area contributed by atoms with Gasteiger partial charge in [0.05, 0.1) is 65.4 Å². The van der Waals surface area contributed by atoms with Crippen molar-refractivity contribution in [2.75, 3.05) is 118 Å². The van der Waals surface area contributed by atoms with Gasteiger partial charge in [-0.05, 0) is 122 Å². The molecule has 0 saturated heterocycles. The van der Waals surface area contributed by atoms with Crippen LogP contribution < -0.4 is 43.1 Å². The maximum absolute atomic E-state index is 13.7. The molecule has 0 radical (unpaired) electrons. The first-order chi connectivity index (χ1) is 45.3. The van der Waals surface area contributed by atoms with E-state index in [0.717, 1.165) is 71.7 Å². The molecule has 5 rings (SSSR count). The summed E-state index contributed by atoms with van der Waals surface area (Å²) in [5, 5.41) is 78.4. The van der Waals surface area contributed by atoms with E-state index in [4.69, 9.17) is 0 Å². The Hall–Kier alpha value is -10.0. The normalized spacial score (nSPS) is 11.9. The number of H-pyrrole nitrogens is 4. The lowest BCUT2D eigenvalue weighted by molar-refractivity contribution is -0.144. The Bertz CT molecular complexity index is 3780. The summed E-state index contributed by atoms with van der Waals surface area (Å²) in [5.41, 5.74) is 19.6. The number of fused-ring (bicyclic) bond motifs is 8. The van der Waals surface area contributed by atoms with Gasteiger partial charge < -0.3 is 60.8 Å². The summed E-state index contributed by atoms with van der Waals surface area (Å²) in [4.78, 5) is 168. The van der Waals surface area contributed by atoms with Crippen LogP contribution in [0.15, 0.2) is 0 Å². The third-order valence-corrected chi connectivity index (χ3v) is 16.1. The number of carbonyl (C=O) groups excluding carboxylic acids is 4. The summed E-state index contributed by atoms with van der Waals surface area (Å²) >= 11 is 0. The van der Waals surface area contributed by atoms with Gasteiger partial charge in [-0.1, -0.05) is 13.8 Å². The van der Waals surface area contributed by atoms with E-state index in [-0.39, 0.29) is 78.0 Å². The topological polar surface area (TPSA) is 497 Å². The van der Waals surface area contributed by atoms with E-state index < -0.39 is 137 Å². The number of nitrogens with one attached hydrogen (secondary N) is 8. The molecule has 0 aromatic carbocycles. The first-order valence-corrected chi connectivity index (χ1v) is 30.8. The lowest BCUT2D eigenvalue weighted by atomic mass is 10.0. The van der Waals surface area contributed by atoms with Crippen LogP contribution in [0, 0.1) is 27.7 Å². The minimum absolute atomic E-state index is 0.111. The maximum Gasteiger partial charge on any atom is 0.317 e. The number of amides is 4. The standard InChI is InChI=1S/C62H86N14O20/c1-7-39-35(3)43-21-44-37(5)41(9-11-51(77)67-69-53(79)25-73(29-57(85)86)17-13-71(27-55(81)82)15-19-75(31-59(89)90)32-60(91)92)49(65-44)24-50-42(38(6)46(66-50)23-48-40(8-2)36(4)45(64-48)22-47(39)63-43)10-12-52(78)68-70-54(80)26-74(30-58(87)88)18-14-72(28-56(83)84)16-20-76(33-61(93)94)34-62(95)96/h21-24,63-66H,7-20,25-34H2,1-6H3,(H,67,77)(H,68,78)(H,69,79)(H,70,80)(H,81,82)(H,83,84)(H,85,86)(H,87,88)(H,89,90)(H,91,92)(H,93,94)(H,95,96). The predicted molar refractivity (Wildman–Crippen MR) is 343 cm³/mol. The van der Waals surface area contributed by atoms with Gasteiger partial charge in [-0.2, -0.15) is 0 Å². The monoisotopic (exact) mass is 1350 g/mol. The summed E-state index contributed by atoms with van der Waals surface area (Å²) in [5.74, 6) is -13.3. The van der Waals surface area contributed by atoms with Gasteiger partial charge in [-0.15, -0.1) is 0 Å². The highest BCUT2D eigenvalue weighted by Crippen LogP contribution is 2.24. The third-order valence-electron chi connectivity index (χ3n) is 16.1. The van der Waals surface area contributed by atoms with Gasteiger partial charge in [-0.3, -0.25) is 109 Å². The second-order valence-corrected chi connectivity index (χ2v) is 23.2. The zero-order valence-electron chi connectivity index (χ0n) is 54.4. The number of hydrogen-bond acceptors (Lipinski definition) is 18. The number of aromatic nitrogens is 4. The minimum Gasteiger partial charge on any atom is -0.480 e. The average Bonchev–Trinajstić information content (AvgIpc) is 1.63. The summed E-state index contributed by atoms with van der Waals surface area (Å²) in [6, 6.07) is 0. The first-order valence-electron chi connectivity index (χ1n) is 30.8. The van der Waals surface area contributed by atoms with Crippen LogP contribution in [0.1, 0.15) is 94.0 Å². The van der Waals surface area contributed by atoms with E-state index in [0.29, 0.717) is 39.6 Å². The molecule has 8 bridgehead atoms. The molecule has 16 N–H and O–H groups in total. The number of carboxylic acid groups (broad SMARTS) is 8. The highest BCUT2D eigenvalue weighted by molar-refractivity contribution is 5.85. The van der Waals surface area contributed by atoms with Gasteiger partial charge in [0.15, 0.2) is 0 Å². The highest BCUT2D eigenvalue weighted by Gasteiger charge is 2.24. The fourth-order valence-corrected chi connectivity index (χ4v) is 11.3. The van der Waals surface area contributed by atoms with Gasteiger partial charge in [-0.25, -0.2) is 0 Å². The fraction of sp³-hybridized carbons (Fsp3) is 0.484. The van der Waals surface area contributed by atoms with Crippen molar-refractivity contribution in [2.24, 2.45) is 0 Å². The number of aliphatic carboxylic acids is 8. The summed E-state index contributed by atoms with van der Waals surface area (Å²) < 4.78 is 0. The van der Waals surface area contributed by atoms with Crippen molar-refractivity contribution < 1.29 is 98.4 Å². The molecule has 1 aliphatic heterocycles. The predicted octanol–water partition coefficient (Wildman–Crippen LogP) is -4.37. The van der Waals surface area contributed by atoms with Gasteiger partial charge in [0, 0.05) is 109 Å². The summed E-state index contributed by atoms with van der Waals surface area (Å²) in [6.07, 6.45) is 9.20. The van der Waals surface area contributed by atoms with Crippen LogP contribution in [0.25, 0.3) is 24.3 Å². The van der Waals surface area contributed by atoms with Crippen LogP contribution in [-0.4, -0.2) is 279 Å². The van der Waals surface area contributed by atoms with Crippen LogP contribution in [0.2, 0.25) is 0 Å². The molecule has 96 heavy (non-hydrogen) atoms. The van der Waals surface area contributed by atoms with Crippen molar-refractivity contribution in [3.05, 3.63) is 88.7 Å². The molecule has 4 aromatic rings. The number of aromatic amines is 4. The van der Waals surface area contributed by atoms with Crippen LogP contribution in [0.3, 0.4) is 0 Å². The number of carbonyl (C=O) groups is 12. The Labute approximate surface area is 549 Å². The molecule has 5 heterocycles. The molecule has 0 unspecified atom stereocenters. The SMILES string of the molecule is CCc1c2[nH]c(c1C)C=c1[nH]c(c(CCC(=O)NNC(=O)CN(CCN(CCN(CC(=O)O)CC(=O)O)CC(=O)O)CC(=O)O)c1C)=Cc1[nH]c(c(C)c1CCC(=O)NNC(=O)CN(CCN(CCN(CC(=O)O)CC(=O)O)CC(=O)O)CC(=O)O)C=c1[nH]c(c(C)c1CC)=C2. The van der Waals surface area contributed by atoms with Crippen LogP contribution in [-0.2, 0) is 83.2 Å². The summed E-state index contributed by atoms with van der Waals surface area (Å²) in [6.45, 7) is 4.74. The molecule has 4 aromatic heterocycles. The largest absolute Gasteiger partial charge is 0.480 e. The van der Waals surface area contributed by atoms with Crippen molar-refractivity contribution in [1.82, 2.24) is 71.0 Å². The third kappa shape index (κ3) is 24.4. The number of carboxylic acids is 8. The van der Waals surface area contributed by atoms with Gasteiger partial charge >= 0.3 is 47.8 Å². The number of nitrogens with zero attached hydrogens (tertiary/aromatic N) is 6. The molecule has 0 atom stereocenters. The molecule has 34 heteroatoms. The van der Waals surface area contributed by atoms with Crippen LogP contribution >= 0.6 is 0 Å². The quantitative estimate of drug-likeness (QED) is 0.0165. The van der Waals surface area contributed by atoms with Crippen molar-refractivity contribution >= 4 is 95.7 Å². The number of hydrazine groups is 2. The van der Waals surface area contributed by atoms with Crippen LogP contribution in [0.4, 0.5) is 0 Å². The van der Waals surface area contributed by atoms with Gasteiger partial charge in [0.2, 0.25) is 11.8 Å². The molecule has 0 saturated carbocycles. The van der Waals surface area contributed by atoms with E-state index in [9.17, 15) is 98.4 Å². The molecule has 0 aliphatic carbocycles. The average molecular weight is 1350 g/mol. The molecular formula is C62H86N14O20. The number of hydrogen-bond donors (Lipinski definition) is 16. The summed E-state index contributed by atoms with van der Waals surface area (Å²) in [7, 11) is 0. The molecule has 0 fully saturated rings. The van der Waals surface area contributed by atoms with Gasteiger partial charge in [0.1, 0.15) is 0 Å². The number of rotatable bonds is 40. The fourth-order valence-electron chi connectivity index (χ4n) is 11.3. The van der Waals surface area contributed by atoms with E-state index in [2.05, 4.69) is 68.5 Å². The van der Waals surface area contributed by atoms with Crippen LogP contribution in [0.5, 0.6) is 0 Å². The second kappa shape index (κ2) is 36.6. The Morgan fingerprint density at radius 3 is 0.927 bits per heavy atom. The molecule has 1 aliphatic rings. The lowest BCUT2D eigenvalue weighted by Crippen LogP contribution is -2.49. The lowest BCUT2D eigenvalue weighted by Gasteiger charge is -2.27. The van der Waals surface area contributed by atoms with E-state index in [1.54, 1.807) is 0 Å². The molecule has 0 spiro atoms. The van der Waals surface area contributed by atoms with Crippen molar-refractivity contribution in [3.8, 4) is 0 Å². The second-order valence-electron chi connectivity index (χ2n) is 23.2.